The number of rotatable bonds is 6. The Morgan fingerprint density at radius 1 is 1.28 bits per heavy atom. The molecule has 0 amide bonds. The molecule has 96 valence electrons. The first kappa shape index (κ1) is 12.7. The highest BCUT2D eigenvalue weighted by molar-refractivity contribution is 5.07. The highest BCUT2D eigenvalue weighted by Gasteiger charge is 2.12. The quantitative estimate of drug-likeness (QED) is 0.824. The van der Waals surface area contributed by atoms with Crippen LogP contribution in [0.4, 0.5) is 0 Å². The Bertz CT molecular complexity index is 465. The highest BCUT2D eigenvalue weighted by atomic mass is 15.4. The van der Waals surface area contributed by atoms with E-state index in [0.717, 1.165) is 30.8 Å². The van der Waals surface area contributed by atoms with Gasteiger partial charge in [0.2, 0.25) is 0 Å². The van der Waals surface area contributed by atoms with Gasteiger partial charge >= 0.3 is 0 Å². The maximum atomic E-state index is 4.37. The minimum atomic E-state index is 0.349. The molecule has 0 aliphatic heterocycles. The molecule has 0 saturated heterocycles. The van der Waals surface area contributed by atoms with Crippen LogP contribution in [-0.4, -0.2) is 32.6 Å². The summed E-state index contributed by atoms with van der Waals surface area (Å²) in [5, 5.41) is 11.6. The van der Waals surface area contributed by atoms with Gasteiger partial charge in [-0.25, -0.2) is 0 Å². The highest BCUT2D eigenvalue weighted by Crippen LogP contribution is 2.05. The second kappa shape index (κ2) is 6.26. The van der Waals surface area contributed by atoms with Crippen molar-refractivity contribution in [3.05, 3.63) is 42.0 Å². The largest absolute Gasteiger partial charge is 0.313 e. The molecule has 0 radical (unpaired) electrons. The molecular weight excluding hydrogens is 226 g/mol. The third kappa shape index (κ3) is 3.63. The second-order valence-corrected chi connectivity index (χ2v) is 4.37. The molecular formula is C13H19N5. The van der Waals surface area contributed by atoms with E-state index < -0.39 is 0 Å². The third-order valence-electron chi connectivity index (χ3n) is 2.78. The van der Waals surface area contributed by atoms with Crippen LogP contribution in [0.3, 0.4) is 0 Å². The number of pyridine rings is 1. The molecule has 0 fully saturated rings. The first-order chi connectivity index (χ1) is 8.78. The summed E-state index contributed by atoms with van der Waals surface area (Å²) in [5.74, 6) is 0. The molecule has 1 N–H and O–H groups in total. The number of nitrogens with zero attached hydrogens (tertiary/aromatic N) is 4. The number of hydrogen-bond donors (Lipinski definition) is 1. The maximum absolute atomic E-state index is 4.37. The van der Waals surface area contributed by atoms with Crippen LogP contribution in [-0.2, 0) is 19.9 Å². The lowest BCUT2D eigenvalue weighted by molar-refractivity contribution is 0.511. The molecule has 0 bridgehead atoms. The molecule has 5 heteroatoms. The normalized spacial score (nSPS) is 12.6. The van der Waals surface area contributed by atoms with Gasteiger partial charge in [-0.05, 0) is 18.7 Å². The first-order valence-electron chi connectivity index (χ1n) is 6.26. The zero-order valence-corrected chi connectivity index (χ0v) is 10.9. The summed E-state index contributed by atoms with van der Waals surface area (Å²) < 4.78 is 1.74. The zero-order chi connectivity index (χ0) is 12.8. The molecule has 2 aromatic rings. The molecule has 1 atom stereocenters. The summed E-state index contributed by atoms with van der Waals surface area (Å²) in [4.78, 5) is 4.37. The van der Waals surface area contributed by atoms with E-state index in [1.807, 2.05) is 31.6 Å². The van der Waals surface area contributed by atoms with Crippen molar-refractivity contribution in [3.63, 3.8) is 0 Å². The SMILES string of the molecule is CCNC(Cc1ccccn1)Cc1cn(C)nn1. The van der Waals surface area contributed by atoms with Crippen molar-refractivity contribution >= 4 is 0 Å². The zero-order valence-electron chi connectivity index (χ0n) is 10.9. The van der Waals surface area contributed by atoms with Crippen LogP contribution in [0.1, 0.15) is 18.3 Å². The van der Waals surface area contributed by atoms with E-state index in [1.54, 1.807) is 4.68 Å². The van der Waals surface area contributed by atoms with E-state index >= 15 is 0 Å². The monoisotopic (exact) mass is 245 g/mol. The van der Waals surface area contributed by atoms with Crippen LogP contribution in [0.5, 0.6) is 0 Å². The number of aromatic nitrogens is 4. The molecule has 2 rings (SSSR count). The van der Waals surface area contributed by atoms with E-state index in [1.165, 1.54) is 0 Å². The third-order valence-corrected chi connectivity index (χ3v) is 2.78. The van der Waals surface area contributed by atoms with Gasteiger partial charge < -0.3 is 5.32 Å². The molecule has 0 saturated carbocycles. The summed E-state index contributed by atoms with van der Waals surface area (Å²) in [7, 11) is 1.89. The molecule has 18 heavy (non-hydrogen) atoms. The molecule has 0 aliphatic carbocycles. The van der Waals surface area contributed by atoms with Crippen molar-refractivity contribution in [2.24, 2.45) is 7.05 Å². The Balaban J connectivity index is 1.99. The van der Waals surface area contributed by atoms with Crippen LogP contribution in [0, 0.1) is 0 Å². The van der Waals surface area contributed by atoms with Gasteiger partial charge in [0.05, 0.1) is 5.69 Å². The summed E-state index contributed by atoms with van der Waals surface area (Å²) in [6.07, 6.45) is 5.58. The first-order valence-corrected chi connectivity index (χ1v) is 6.26. The Kier molecular flexibility index (Phi) is 4.41. The van der Waals surface area contributed by atoms with Crippen molar-refractivity contribution in [1.29, 1.82) is 0 Å². The lowest BCUT2D eigenvalue weighted by Crippen LogP contribution is -2.33. The predicted octanol–water partition coefficient (Wildman–Crippen LogP) is 0.973. The Morgan fingerprint density at radius 3 is 2.72 bits per heavy atom. The van der Waals surface area contributed by atoms with E-state index in [2.05, 4.69) is 33.6 Å². The minimum Gasteiger partial charge on any atom is -0.313 e. The smallest absolute Gasteiger partial charge is 0.0842 e. The maximum Gasteiger partial charge on any atom is 0.0842 e. The molecule has 0 aromatic carbocycles. The fourth-order valence-corrected chi connectivity index (χ4v) is 2.02. The van der Waals surface area contributed by atoms with Crippen LogP contribution >= 0.6 is 0 Å². The molecule has 1 unspecified atom stereocenters. The van der Waals surface area contributed by atoms with Crippen LogP contribution < -0.4 is 5.32 Å². The van der Waals surface area contributed by atoms with Gasteiger partial charge in [-0.1, -0.05) is 18.2 Å². The van der Waals surface area contributed by atoms with Crippen molar-refractivity contribution < 1.29 is 0 Å². The van der Waals surface area contributed by atoms with Crippen molar-refractivity contribution in [3.8, 4) is 0 Å². The van der Waals surface area contributed by atoms with Gasteiger partial charge in [0.1, 0.15) is 0 Å². The molecule has 5 nitrogen and oxygen atoms in total. The summed E-state index contributed by atoms with van der Waals surface area (Å²) in [6, 6.07) is 6.37. The van der Waals surface area contributed by atoms with Crippen LogP contribution in [0.25, 0.3) is 0 Å². The fraction of sp³-hybridized carbons (Fsp3) is 0.462. The van der Waals surface area contributed by atoms with Gasteiger partial charge in [-0.3, -0.25) is 9.67 Å². The standard InChI is InChI=1S/C13H19N5/c1-3-14-12(8-11-6-4-5-7-15-11)9-13-10-18(2)17-16-13/h4-7,10,12,14H,3,8-9H2,1-2H3. The lowest BCUT2D eigenvalue weighted by Gasteiger charge is -2.15. The summed E-state index contributed by atoms with van der Waals surface area (Å²) >= 11 is 0. The number of nitrogens with one attached hydrogen (secondary N) is 1. The van der Waals surface area contributed by atoms with Crippen molar-refractivity contribution in [1.82, 2.24) is 25.3 Å². The second-order valence-electron chi connectivity index (χ2n) is 4.37. The lowest BCUT2D eigenvalue weighted by atomic mass is 10.1. The van der Waals surface area contributed by atoms with Gasteiger partial charge in [0, 0.05) is 44.0 Å². The van der Waals surface area contributed by atoms with Crippen LogP contribution in [0.2, 0.25) is 0 Å². The predicted molar refractivity (Wildman–Crippen MR) is 70.1 cm³/mol. The number of aryl methyl sites for hydroxylation is 1. The summed E-state index contributed by atoms with van der Waals surface area (Å²) in [6.45, 7) is 3.06. The van der Waals surface area contributed by atoms with Crippen LogP contribution in [0.15, 0.2) is 30.6 Å². The number of likely N-dealkylation sites (N-methyl/N-ethyl adjacent to an activating group) is 1. The molecule has 2 aromatic heterocycles. The minimum absolute atomic E-state index is 0.349. The Labute approximate surface area is 107 Å². The topological polar surface area (TPSA) is 55.6 Å². The van der Waals surface area contributed by atoms with E-state index in [-0.39, 0.29) is 0 Å². The average molecular weight is 245 g/mol. The van der Waals surface area contributed by atoms with Gasteiger partial charge in [0.25, 0.3) is 0 Å². The summed E-state index contributed by atoms with van der Waals surface area (Å²) in [5.41, 5.74) is 2.12. The van der Waals surface area contributed by atoms with Gasteiger partial charge in [-0.2, -0.15) is 0 Å². The average Bonchev–Trinajstić information content (AvgIpc) is 2.76. The van der Waals surface area contributed by atoms with Gasteiger partial charge in [0.15, 0.2) is 0 Å². The van der Waals surface area contributed by atoms with E-state index in [0.29, 0.717) is 6.04 Å². The molecule has 2 heterocycles. The Hall–Kier alpha value is -1.75. The number of hydrogen-bond acceptors (Lipinski definition) is 4. The van der Waals surface area contributed by atoms with Crippen molar-refractivity contribution in [2.75, 3.05) is 6.54 Å². The Morgan fingerprint density at radius 2 is 2.11 bits per heavy atom. The van der Waals surface area contributed by atoms with E-state index in [4.69, 9.17) is 0 Å². The molecule has 0 aliphatic rings. The molecule has 0 spiro atoms. The van der Waals surface area contributed by atoms with Gasteiger partial charge in [-0.15, -0.1) is 5.10 Å². The van der Waals surface area contributed by atoms with E-state index in [9.17, 15) is 0 Å². The van der Waals surface area contributed by atoms with Crippen molar-refractivity contribution in [2.45, 2.75) is 25.8 Å². The fourth-order valence-electron chi connectivity index (χ4n) is 2.02.